The van der Waals surface area contributed by atoms with E-state index in [0.717, 1.165) is 22.7 Å². The molecule has 1 heterocycles. The first-order chi connectivity index (χ1) is 13.2. The van der Waals surface area contributed by atoms with Gasteiger partial charge in [-0.1, -0.05) is 30.0 Å². The maximum Gasteiger partial charge on any atom is 0.230 e. The predicted molar refractivity (Wildman–Crippen MR) is 103 cm³/mol. The van der Waals surface area contributed by atoms with E-state index in [9.17, 15) is 4.79 Å². The third-order valence-electron chi connectivity index (χ3n) is 3.80. The van der Waals surface area contributed by atoms with Crippen LogP contribution in [0.25, 0.3) is 5.69 Å². The quantitative estimate of drug-likeness (QED) is 0.602. The molecule has 0 fully saturated rings. The molecule has 0 saturated carbocycles. The van der Waals surface area contributed by atoms with Gasteiger partial charge in [0.05, 0.1) is 25.7 Å². The van der Waals surface area contributed by atoms with Crippen molar-refractivity contribution in [2.45, 2.75) is 11.7 Å². The molecule has 0 unspecified atom stereocenters. The van der Waals surface area contributed by atoms with Crippen LogP contribution in [-0.2, 0) is 11.3 Å². The van der Waals surface area contributed by atoms with Gasteiger partial charge in [-0.3, -0.25) is 9.36 Å². The summed E-state index contributed by atoms with van der Waals surface area (Å²) in [4.78, 5) is 12.2. The Hall–Kier alpha value is -3.00. The van der Waals surface area contributed by atoms with Gasteiger partial charge in [0.1, 0.15) is 17.8 Å². The molecule has 0 aliphatic heterocycles. The smallest absolute Gasteiger partial charge is 0.230 e. The van der Waals surface area contributed by atoms with Crippen LogP contribution in [0.4, 0.5) is 0 Å². The normalized spacial score (nSPS) is 10.4. The number of thioether (sulfide) groups is 1. The third kappa shape index (κ3) is 5.01. The Morgan fingerprint density at radius 2 is 1.85 bits per heavy atom. The SMILES string of the molecule is COc1cccc(CNC(=O)CSc2nncn2-c2cccc(OC)c2)c1. The lowest BCUT2D eigenvalue weighted by molar-refractivity contribution is -0.118. The van der Waals surface area contributed by atoms with E-state index >= 15 is 0 Å². The van der Waals surface area contributed by atoms with Crippen molar-refractivity contribution in [2.24, 2.45) is 0 Å². The second-order valence-electron chi connectivity index (χ2n) is 5.60. The predicted octanol–water partition coefficient (Wildman–Crippen LogP) is 2.69. The number of aromatic nitrogens is 3. The zero-order valence-corrected chi connectivity index (χ0v) is 15.9. The molecular weight excluding hydrogens is 364 g/mol. The standard InChI is InChI=1S/C19H20N4O3S/c1-25-16-7-3-5-14(9-16)11-20-18(24)12-27-19-22-21-13-23(19)15-6-4-8-17(10-15)26-2/h3-10,13H,11-12H2,1-2H3,(H,20,24). The van der Waals surface area contributed by atoms with Crippen LogP contribution in [0.2, 0.25) is 0 Å². The third-order valence-corrected chi connectivity index (χ3v) is 4.75. The maximum absolute atomic E-state index is 12.2. The van der Waals surface area contributed by atoms with Crippen molar-refractivity contribution in [1.82, 2.24) is 20.1 Å². The number of nitrogens with one attached hydrogen (secondary N) is 1. The number of carbonyl (C=O) groups excluding carboxylic acids is 1. The van der Waals surface area contributed by atoms with Gasteiger partial charge in [0, 0.05) is 12.6 Å². The van der Waals surface area contributed by atoms with E-state index in [1.54, 1.807) is 20.5 Å². The fourth-order valence-corrected chi connectivity index (χ4v) is 3.18. The Labute approximate surface area is 161 Å². The molecule has 27 heavy (non-hydrogen) atoms. The van der Waals surface area contributed by atoms with Gasteiger partial charge in [-0.2, -0.15) is 0 Å². The van der Waals surface area contributed by atoms with Crippen LogP contribution in [0.3, 0.4) is 0 Å². The number of hydrogen-bond donors (Lipinski definition) is 1. The fourth-order valence-electron chi connectivity index (χ4n) is 2.42. The van der Waals surface area contributed by atoms with Crippen molar-refractivity contribution in [2.75, 3.05) is 20.0 Å². The number of methoxy groups -OCH3 is 2. The van der Waals surface area contributed by atoms with Crippen molar-refractivity contribution in [3.63, 3.8) is 0 Å². The highest BCUT2D eigenvalue weighted by atomic mass is 32.2. The molecule has 0 radical (unpaired) electrons. The van der Waals surface area contributed by atoms with E-state index in [1.165, 1.54) is 11.8 Å². The van der Waals surface area contributed by atoms with Crippen LogP contribution in [0.5, 0.6) is 11.5 Å². The minimum Gasteiger partial charge on any atom is -0.497 e. The summed E-state index contributed by atoms with van der Waals surface area (Å²) in [6.45, 7) is 0.444. The summed E-state index contributed by atoms with van der Waals surface area (Å²) < 4.78 is 12.3. The number of hydrogen-bond acceptors (Lipinski definition) is 6. The van der Waals surface area contributed by atoms with Crippen molar-refractivity contribution in [1.29, 1.82) is 0 Å². The molecule has 0 atom stereocenters. The van der Waals surface area contributed by atoms with Crippen LogP contribution in [0.1, 0.15) is 5.56 Å². The Bertz CT molecular complexity index is 913. The molecular formula is C19H20N4O3S. The minimum absolute atomic E-state index is 0.0805. The van der Waals surface area contributed by atoms with Gasteiger partial charge in [0.15, 0.2) is 5.16 Å². The lowest BCUT2D eigenvalue weighted by Crippen LogP contribution is -2.24. The van der Waals surface area contributed by atoms with Crippen molar-refractivity contribution in [3.8, 4) is 17.2 Å². The molecule has 2 aromatic carbocycles. The van der Waals surface area contributed by atoms with E-state index in [2.05, 4.69) is 15.5 Å². The fraction of sp³-hybridized carbons (Fsp3) is 0.211. The molecule has 0 spiro atoms. The van der Waals surface area contributed by atoms with Gasteiger partial charge in [-0.05, 0) is 29.8 Å². The van der Waals surface area contributed by atoms with Gasteiger partial charge in [0.2, 0.25) is 5.91 Å². The van der Waals surface area contributed by atoms with Gasteiger partial charge in [-0.15, -0.1) is 10.2 Å². The molecule has 3 rings (SSSR count). The summed E-state index contributed by atoms with van der Waals surface area (Å²) in [5, 5.41) is 11.6. The summed E-state index contributed by atoms with van der Waals surface area (Å²) in [6.07, 6.45) is 1.62. The zero-order valence-electron chi connectivity index (χ0n) is 15.1. The van der Waals surface area contributed by atoms with E-state index in [4.69, 9.17) is 9.47 Å². The summed E-state index contributed by atoms with van der Waals surface area (Å²) in [6, 6.07) is 15.2. The summed E-state index contributed by atoms with van der Waals surface area (Å²) in [5.74, 6) is 1.67. The Kier molecular flexibility index (Phi) is 6.32. The highest BCUT2D eigenvalue weighted by molar-refractivity contribution is 7.99. The van der Waals surface area contributed by atoms with Crippen LogP contribution >= 0.6 is 11.8 Å². The Balaban J connectivity index is 1.57. The molecule has 7 nitrogen and oxygen atoms in total. The Morgan fingerprint density at radius 1 is 1.11 bits per heavy atom. The molecule has 0 saturated heterocycles. The lowest BCUT2D eigenvalue weighted by atomic mass is 10.2. The number of ether oxygens (including phenoxy) is 2. The molecule has 140 valence electrons. The topological polar surface area (TPSA) is 78.3 Å². The number of carbonyl (C=O) groups is 1. The molecule has 1 aromatic heterocycles. The molecule has 0 aliphatic rings. The van der Waals surface area contributed by atoms with E-state index in [1.807, 2.05) is 53.1 Å². The first kappa shape index (κ1) is 18.8. The van der Waals surface area contributed by atoms with Gasteiger partial charge < -0.3 is 14.8 Å². The molecule has 1 N–H and O–H groups in total. The monoisotopic (exact) mass is 384 g/mol. The van der Waals surface area contributed by atoms with Crippen molar-refractivity contribution >= 4 is 17.7 Å². The number of benzene rings is 2. The van der Waals surface area contributed by atoms with Gasteiger partial charge in [-0.25, -0.2) is 0 Å². The highest BCUT2D eigenvalue weighted by Crippen LogP contribution is 2.22. The highest BCUT2D eigenvalue weighted by Gasteiger charge is 2.11. The lowest BCUT2D eigenvalue weighted by Gasteiger charge is -2.09. The Morgan fingerprint density at radius 3 is 2.63 bits per heavy atom. The van der Waals surface area contributed by atoms with E-state index in [0.29, 0.717) is 11.7 Å². The van der Waals surface area contributed by atoms with Crippen LogP contribution in [0, 0.1) is 0 Å². The average Bonchev–Trinajstić information content (AvgIpc) is 3.19. The van der Waals surface area contributed by atoms with Crippen LogP contribution in [0.15, 0.2) is 60.0 Å². The maximum atomic E-state index is 12.2. The molecule has 0 aliphatic carbocycles. The number of nitrogens with zero attached hydrogens (tertiary/aromatic N) is 3. The van der Waals surface area contributed by atoms with Gasteiger partial charge >= 0.3 is 0 Å². The van der Waals surface area contributed by atoms with Gasteiger partial charge in [0.25, 0.3) is 0 Å². The van der Waals surface area contributed by atoms with Crippen LogP contribution in [-0.4, -0.2) is 40.6 Å². The summed E-state index contributed by atoms with van der Waals surface area (Å²) in [5.41, 5.74) is 1.85. The number of amides is 1. The molecule has 3 aromatic rings. The molecule has 1 amide bonds. The molecule has 8 heteroatoms. The van der Waals surface area contributed by atoms with E-state index in [-0.39, 0.29) is 11.7 Å². The average molecular weight is 384 g/mol. The summed E-state index contributed by atoms with van der Waals surface area (Å²) >= 11 is 1.32. The largest absolute Gasteiger partial charge is 0.497 e. The van der Waals surface area contributed by atoms with Crippen molar-refractivity contribution in [3.05, 3.63) is 60.4 Å². The summed E-state index contributed by atoms with van der Waals surface area (Å²) in [7, 11) is 3.24. The second-order valence-corrected chi connectivity index (χ2v) is 6.54. The second kappa shape index (κ2) is 9.09. The zero-order chi connectivity index (χ0) is 19.1. The van der Waals surface area contributed by atoms with Crippen LogP contribution < -0.4 is 14.8 Å². The first-order valence-electron chi connectivity index (χ1n) is 8.26. The molecule has 0 bridgehead atoms. The van der Waals surface area contributed by atoms with Crippen molar-refractivity contribution < 1.29 is 14.3 Å². The van der Waals surface area contributed by atoms with E-state index < -0.39 is 0 Å². The minimum atomic E-state index is -0.0805. The number of rotatable bonds is 8. The first-order valence-corrected chi connectivity index (χ1v) is 9.25.